The standard InChI is InChI=1S/C23H17ClFN5O3S/c24-18-9-5-4-8-17(18)22-27-28-23(29(22)13-15-6-2-1-3-7-15)34-14-21(31)26-20-12-16(30(32)33)10-11-19(20)25/h1-12H,13-14H2,(H,26,31). The van der Waals surface area contributed by atoms with E-state index in [0.29, 0.717) is 28.1 Å². The van der Waals surface area contributed by atoms with Crippen LogP contribution in [-0.4, -0.2) is 31.3 Å². The molecule has 1 heterocycles. The number of hydrogen-bond acceptors (Lipinski definition) is 6. The highest BCUT2D eigenvalue weighted by Gasteiger charge is 2.19. The van der Waals surface area contributed by atoms with Crippen molar-refractivity contribution in [3.05, 3.63) is 99.3 Å². The number of aromatic nitrogens is 3. The fourth-order valence-corrected chi connectivity index (χ4v) is 4.14. The molecule has 4 rings (SSSR count). The first-order valence-electron chi connectivity index (χ1n) is 10.0. The number of hydrogen-bond donors (Lipinski definition) is 1. The van der Waals surface area contributed by atoms with Crippen LogP contribution in [0.25, 0.3) is 11.4 Å². The Labute approximate surface area is 202 Å². The van der Waals surface area contributed by atoms with Gasteiger partial charge in [-0.15, -0.1) is 10.2 Å². The topological polar surface area (TPSA) is 103 Å². The Morgan fingerprint density at radius 1 is 1.09 bits per heavy atom. The minimum atomic E-state index is -0.766. The number of halogens is 2. The van der Waals surface area contributed by atoms with E-state index in [1.165, 1.54) is 0 Å². The zero-order chi connectivity index (χ0) is 24.1. The molecule has 1 aromatic heterocycles. The van der Waals surface area contributed by atoms with Crippen molar-refractivity contribution in [3.63, 3.8) is 0 Å². The first-order chi connectivity index (χ1) is 16.4. The predicted molar refractivity (Wildman–Crippen MR) is 128 cm³/mol. The molecule has 8 nitrogen and oxygen atoms in total. The van der Waals surface area contributed by atoms with Gasteiger partial charge in [-0.1, -0.05) is 65.8 Å². The van der Waals surface area contributed by atoms with Crippen LogP contribution >= 0.6 is 23.4 Å². The van der Waals surface area contributed by atoms with Crippen molar-refractivity contribution >= 4 is 40.6 Å². The van der Waals surface area contributed by atoms with Crippen molar-refractivity contribution < 1.29 is 14.1 Å². The number of nitrogens with one attached hydrogen (secondary N) is 1. The van der Waals surface area contributed by atoms with Gasteiger partial charge < -0.3 is 5.32 Å². The van der Waals surface area contributed by atoms with Gasteiger partial charge in [0.15, 0.2) is 11.0 Å². The fourth-order valence-electron chi connectivity index (χ4n) is 3.18. The van der Waals surface area contributed by atoms with Gasteiger partial charge in [0.05, 0.1) is 27.9 Å². The second-order valence-electron chi connectivity index (χ2n) is 7.12. The molecule has 1 amide bonds. The summed E-state index contributed by atoms with van der Waals surface area (Å²) in [5, 5.41) is 22.8. The van der Waals surface area contributed by atoms with Crippen LogP contribution in [0.3, 0.4) is 0 Å². The van der Waals surface area contributed by atoms with Crippen LogP contribution in [0.4, 0.5) is 15.8 Å². The molecule has 172 valence electrons. The third kappa shape index (κ3) is 5.41. The Morgan fingerprint density at radius 3 is 2.56 bits per heavy atom. The molecule has 1 N–H and O–H groups in total. The quantitative estimate of drug-likeness (QED) is 0.198. The van der Waals surface area contributed by atoms with Crippen LogP contribution in [-0.2, 0) is 11.3 Å². The van der Waals surface area contributed by atoms with Crippen LogP contribution in [0, 0.1) is 15.9 Å². The summed E-state index contributed by atoms with van der Waals surface area (Å²) in [6, 6.07) is 19.9. The average molecular weight is 498 g/mol. The van der Waals surface area contributed by atoms with Gasteiger partial charge in [0, 0.05) is 17.7 Å². The first kappa shape index (κ1) is 23.4. The summed E-state index contributed by atoms with van der Waals surface area (Å²) in [6.45, 7) is 0.442. The van der Waals surface area contributed by atoms with Crippen molar-refractivity contribution in [1.82, 2.24) is 14.8 Å². The number of carbonyl (C=O) groups excluding carboxylic acids is 1. The lowest BCUT2D eigenvalue weighted by Crippen LogP contribution is -2.16. The van der Waals surface area contributed by atoms with Gasteiger partial charge in [-0.3, -0.25) is 19.5 Å². The molecule has 0 aliphatic carbocycles. The molecule has 0 atom stereocenters. The third-order valence-electron chi connectivity index (χ3n) is 4.78. The zero-order valence-corrected chi connectivity index (χ0v) is 19.1. The van der Waals surface area contributed by atoms with Gasteiger partial charge in [0.2, 0.25) is 5.91 Å². The van der Waals surface area contributed by atoms with Gasteiger partial charge in [-0.25, -0.2) is 4.39 Å². The highest BCUT2D eigenvalue weighted by atomic mass is 35.5. The van der Waals surface area contributed by atoms with Crippen molar-refractivity contribution in [2.75, 3.05) is 11.1 Å². The molecule has 0 aliphatic heterocycles. The molecule has 0 bridgehead atoms. The van der Waals surface area contributed by atoms with Crippen molar-refractivity contribution in [3.8, 4) is 11.4 Å². The van der Waals surface area contributed by atoms with E-state index in [0.717, 1.165) is 35.5 Å². The molecular weight excluding hydrogens is 481 g/mol. The van der Waals surface area contributed by atoms with Gasteiger partial charge in [0.25, 0.3) is 5.69 Å². The minimum Gasteiger partial charge on any atom is -0.323 e. The number of nitrogens with zero attached hydrogens (tertiary/aromatic N) is 4. The number of rotatable bonds is 8. The van der Waals surface area contributed by atoms with E-state index in [-0.39, 0.29) is 17.1 Å². The molecule has 0 spiro atoms. The number of thioether (sulfide) groups is 1. The lowest BCUT2D eigenvalue weighted by molar-refractivity contribution is -0.384. The maximum Gasteiger partial charge on any atom is 0.271 e. The second-order valence-corrected chi connectivity index (χ2v) is 8.47. The second kappa shape index (κ2) is 10.4. The molecule has 3 aromatic carbocycles. The molecule has 0 saturated carbocycles. The van der Waals surface area contributed by atoms with Crippen molar-refractivity contribution in [2.45, 2.75) is 11.7 Å². The maximum atomic E-state index is 14.0. The molecule has 11 heteroatoms. The Balaban J connectivity index is 1.56. The van der Waals surface area contributed by atoms with Gasteiger partial charge in [-0.05, 0) is 23.8 Å². The SMILES string of the molecule is O=C(CSc1nnc(-c2ccccc2Cl)n1Cc1ccccc1)Nc1cc([N+](=O)[O-])ccc1F. The van der Waals surface area contributed by atoms with Crippen molar-refractivity contribution in [1.29, 1.82) is 0 Å². The van der Waals surface area contributed by atoms with E-state index in [2.05, 4.69) is 15.5 Å². The Bertz CT molecular complexity index is 1350. The summed E-state index contributed by atoms with van der Waals surface area (Å²) >= 11 is 7.48. The molecule has 0 radical (unpaired) electrons. The summed E-state index contributed by atoms with van der Waals surface area (Å²) in [4.78, 5) is 22.7. The lowest BCUT2D eigenvalue weighted by atomic mass is 10.2. The van der Waals surface area contributed by atoms with E-state index in [1.807, 2.05) is 53.1 Å². The van der Waals surface area contributed by atoms with Crippen LogP contribution in [0.2, 0.25) is 5.02 Å². The van der Waals surface area contributed by atoms with E-state index in [1.54, 1.807) is 6.07 Å². The molecule has 0 aliphatic rings. The number of amides is 1. The average Bonchev–Trinajstić information content (AvgIpc) is 3.22. The van der Waals surface area contributed by atoms with Gasteiger partial charge in [-0.2, -0.15) is 0 Å². The molecule has 34 heavy (non-hydrogen) atoms. The highest BCUT2D eigenvalue weighted by molar-refractivity contribution is 7.99. The molecule has 0 fully saturated rings. The number of nitro groups is 1. The molecular formula is C23H17ClFN5O3S. The minimum absolute atomic E-state index is 0.114. The number of nitro benzene ring substituents is 1. The monoisotopic (exact) mass is 497 g/mol. The van der Waals surface area contributed by atoms with Crippen LogP contribution in [0.1, 0.15) is 5.56 Å². The predicted octanol–water partition coefficient (Wildman–Crippen LogP) is 5.42. The van der Waals surface area contributed by atoms with Gasteiger partial charge in [0.1, 0.15) is 5.82 Å². The number of carbonyl (C=O) groups is 1. The summed E-state index contributed by atoms with van der Waals surface area (Å²) in [7, 11) is 0. The fraction of sp³-hybridized carbons (Fsp3) is 0.0870. The summed E-state index contributed by atoms with van der Waals surface area (Å²) in [6.07, 6.45) is 0. The normalized spacial score (nSPS) is 10.8. The number of benzene rings is 3. The van der Waals surface area contributed by atoms with Crippen LogP contribution < -0.4 is 5.32 Å². The van der Waals surface area contributed by atoms with Crippen LogP contribution in [0.5, 0.6) is 0 Å². The first-order valence-corrected chi connectivity index (χ1v) is 11.4. The van der Waals surface area contributed by atoms with E-state index >= 15 is 0 Å². The lowest BCUT2D eigenvalue weighted by Gasteiger charge is -2.11. The van der Waals surface area contributed by atoms with Crippen LogP contribution in [0.15, 0.2) is 78.0 Å². The Hall–Kier alpha value is -3.76. The zero-order valence-electron chi connectivity index (χ0n) is 17.5. The van der Waals surface area contributed by atoms with E-state index in [9.17, 15) is 19.3 Å². The molecule has 4 aromatic rings. The summed E-state index contributed by atoms with van der Waals surface area (Å²) in [5.41, 5.74) is 1.11. The van der Waals surface area contributed by atoms with E-state index < -0.39 is 16.6 Å². The highest BCUT2D eigenvalue weighted by Crippen LogP contribution is 2.30. The number of anilines is 1. The summed E-state index contributed by atoms with van der Waals surface area (Å²) < 4.78 is 15.9. The van der Waals surface area contributed by atoms with E-state index in [4.69, 9.17) is 11.6 Å². The maximum absolute atomic E-state index is 14.0. The van der Waals surface area contributed by atoms with Crippen molar-refractivity contribution in [2.24, 2.45) is 0 Å². The van der Waals surface area contributed by atoms with Gasteiger partial charge >= 0.3 is 0 Å². The Morgan fingerprint density at radius 2 is 1.82 bits per heavy atom. The summed E-state index contributed by atoms with van der Waals surface area (Å²) in [5.74, 6) is -0.880. The molecule has 0 unspecified atom stereocenters. The largest absolute Gasteiger partial charge is 0.323 e. The Kier molecular flexibility index (Phi) is 7.19. The number of non-ortho nitro benzene ring substituents is 1. The third-order valence-corrected chi connectivity index (χ3v) is 6.08. The smallest absolute Gasteiger partial charge is 0.271 e. The molecule has 0 saturated heterocycles.